The molecule has 0 rings (SSSR count). The van der Waals surface area contributed by atoms with Gasteiger partial charge < -0.3 is 0 Å². The van der Waals surface area contributed by atoms with Crippen LogP contribution in [0.3, 0.4) is 0 Å². The van der Waals surface area contributed by atoms with Crippen LogP contribution in [0.2, 0.25) is 0 Å². The minimum Gasteiger partial charge on any atom is -0.250 e. The fourth-order valence-electron chi connectivity index (χ4n) is 0.439. The largest absolute Gasteiger partial charge is 0.250 e. The Labute approximate surface area is 64.4 Å². The molecule has 0 saturated heterocycles. The van der Waals surface area contributed by atoms with Gasteiger partial charge in [-0.25, -0.2) is 4.39 Å². The van der Waals surface area contributed by atoms with Crippen LogP contribution < -0.4 is 0 Å². The summed E-state index contributed by atoms with van der Waals surface area (Å²) in [6.45, 7) is 3.89. The first-order chi connectivity index (χ1) is 4.22. The lowest BCUT2D eigenvalue weighted by Crippen LogP contribution is -2.11. The summed E-state index contributed by atoms with van der Waals surface area (Å²) in [5, 5.41) is 0.181. The maximum absolute atomic E-state index is 12.1. The molecule has 0 heterocycles. The van der Waals surface area contributed by atoms with E-state index in [0.29, 0.717) is 5.92 Å². The van der Waals surface area contributed by atoms with Gasteiger partial charge >= 0.3 is 0 Å². The van der Waals surface area contributed by atoms with Crippen LogP contribution in [0.5, 0.6) is 0 Å². The SMILES string of the molecule is CSSC(CF)C(C)C. The summed E-state index contributed by atoms with van der Waals surface area (Å²) in [6.07, 6.45) is 1.98. The Morgan fingerprint density at radius 1 is 1.44 bits per heavy atom. The summed E-state index contributed by atoms with van der Waals surface area (Å²) in [7, 11) is 3.27. The average molecular weight is 168 g/mol. The van der Waals surface area contributed by atoms with Crippen LogP contribution in [0.15, 0.2) is 0 Å². The highest BCUT2D eigenvalue weighted by atomic mass is 33.1. The predicted octanol–water partition coefficient (Wildman–Crippen LogP) is 2.99. The van der Waals surface area contributed by atoms with Gasteiger partial charge in [-0.2, -0.15) is 0 Å². The monoisotopic (exact) mass is 168 g/mol. The van der Waals surface area contributed by atoms with Crippen LogP contribution in [0.4, 0.5) is 4.39 Å². The van der Waals surface area contributed by atoms with E-state index >= 15 is 0 Å². The molecule has 3 heteroatoms. The van der Waals surface area contributed by atoms with E-state index in [1.165, 1.54) is 0 Å². The smallest absolute Gasteiger partial charge is 0.102 e. The van der Waals surface area contributed by atoms with E-state index in [0.717, 1.165) is 0 Å². The van der Waals surface area contributed by atoms with Gasteiger partial charge in [0.25, 0.3) is 0 Å². The third-order valence-electron chi connectivity index (χ3n) is 1.12. The predicted molar refractivity (Wildman–Crippen MR) is 45.7 cm³/mol. The molecule has 0 aliphatic heterocycles. The molecule has 0 N–H and O–H groups in total. The molecule has 0 aromatic carbocycles. The molecule has 9 heavy (non-hydrogen) atoms. The fraction of sp³-hybridized carbons (Fsp3) is 1.00. The number of alkyl halides is 1. The number of hydrogen-bond acceptors (Lipinski definition) is 2. The topological polar surface area (TPSA) is 0 Å². The van der Waals surface area contributed by atoms with E-state index in [4.69, 9.17) is 0 Å². The molecule has 1 atom stereocenters. The van der Waals surface area contributed by atoms with Crippen molar-refractivity contribution in [2.24, 2.45) is 5.92 Å². The highest BCUT2D eigenvalue weighted by Crippen LogP contribution is 2.28. The van der Waals surface area contributed by atoms with E-state index in [1.54, 1.807) is 21.6 Å². The molecular weight excluding hydrogens is 155 g/mol. The summed E-state index contributed by atoms with van der Waals surface area (Å²) < 4.78 is 12.1. The fourth-order valence-corrected chi connectivity index (χ4v) is 2.52. The van der Waals surface area contributed by atoms with Crippen molar-refractivity contribution in [1.82, 2.24) is 0 Å². The molecule has 56 valence electrons. The van der Waals surface area contributed by atoms with Gasteiger partial charge in [0.15, 0.2) is 0 Å². The second-order valence-corrected chi connectivity index (χ2v) is 4.91. The molecule has 0 aliphatic rings. The van der Waals surface area contributed by atoms with Crippen molar-refractivity contribution < 1.29 is 4.39 Å². The molecule has 0 aromatic rings. The lowest BCUT2D eigenvalue weighted by Gasteiger charge is -2.13. The third kappa shape index (κ3) is 4.09. The zero-order valence-electron chi connectivity index (χ0n) is 6.06. The minimum atomic E-state index is -0.205. The second kappa shape index (κ2) is 5.42. The maximum Gasteiger partial charge on any atom is 0.102 e. The van der Waals surface area contributed by atoms with E-state index in [2.05, 4.69) is 0 Å². The van der Waals surface area contributed by atoms with Gasteiger partial charge in [-0.1, -0.05) is 35.4 Å². The Kier molecular flexibility index (Phi) is 5.80. The Hall–Kier alpha value is 0.630. The number of halogens is 1. The second-order valence-electron chi connectivity index (χ2n) is 2.20. The van der Waals surface area contributed by atoms with Gasteiger partial charge in [0, 0.05) is 5.25 Å². The van der Waals surface area contributed by atoms with E-state index in [-0.39, 0.29) is 11.9 Å². The van der Waals surface area contributed by atoms with Gasteiger partial charge in [-0.05, 0) is 12.2 Å². The van der Waals surface area contributed by atoms with Gasteiger partial charge in [0.2, 0.25) is 0 Å². The quantitative estimate of drug-likeness (QED) is 0.592. The molecule has 0 spiro atoms. The molecule has 0 saturated carbocycles. The first-order valence-electron chi connectivity index (χ1n) is 2.97. The van der Waals surface area contributed by atoms with Crippen molar-refractivity contribution in [2.45, 2.75) is 19.1 Å². The molecule has 0 nitrogen and oxygen atoms in total. The summed E-state index contributed by atoms with van der Waals surface area (Å²) in [5.74, 6) is 0.451. The highest BCUT2D eigenvalue weighted by Gasteiger charge is 2.12. The first-order valence-corrected chi connectivity index (χ1v) is 5.60. The van der Waals surface area contributed by atoms with Crippen molar-refractivity contribution in [2.75, 3.05) is 12.9 Å². The zero-order valence-corrected chi connectivity index (χ0v) is 7.69. The zero-order chi connectivity index (χ0) is 7.28. The average Bonchev–Trinajstić information content (AvgIpc) is 1.82. The van der Waals surface area contributed by atoms with Crippen LogP contribution in [0, 0.1) is 5.92 Å². The maximum atomic E-state index is 12.1. The van der Waals surface area contributed by atoms with Gasteiger partial charge in [-0.3, -0.25) is 0 Å². The molecule has 0 bridgehead atoms. The molecule has 0 fully saturated rings. The standard InChI is InChI=1S/C6H13FS2/c1-5(2)6(4-7)9-8-3/h5-6H,4H2,1-3H3. The van der Waals surface area contributed by atoms with Crippen molar-refractivity contribution in [3.8, 4) is 0 Å². The normalized spacial score (nSPS) is 14.3. The Morgan fingerprint density at radius 2 is 2.00 bits per heavy atom. The van der Waals surface area contributed by atoms with Crippen molar-refractivity contribution in [3.63, 3.8) is 0 Å². The molecule has 0 aromatic heterocycles. The van der Waals surface area contributed by atoms with Crippen molar-refractivity contribution in [1.29, 1.82) is 0 Å². The van der Waals surface area contributed by atoms with Crippen LogP contribution in [-0.2, 0) is 0 Å². The summed E-state index contributed by atoms with van der Waals surface area (Å²) in [5.41, 5.74) is 0. The van der Waals surface area contributed by atoms with Gasteiger partial charge in [0.1, 0.15) is 6.67 Å². The Morgan fingerprint density at radius 3 is 2.11 bits per heavy atom. The Bertz CT molecular complexity index is 66.1. The molecular formula is C6H13FS2. The van der Waals surface area contributed by atoms with Crippen LogP contribution in [0.1, 0.15) is 13.8 Å². The van der Waals surface area contributed by atoms with Gasteiger partial charge in [-0.15, -0.1) is 0 Å². The van der Waals surface area contributed by atoms with E-state index in [1.807, 2.05) is 20.1 Å². The Balaban J connectivity index is 3.41. The van der Waals surface area contributed by atoms with Crippen LogP contribution >= 0.6 is 21.6 Å². The van der Waals surface area contributed by atoms with Crippen LogP contribution in [-0.4, -0.2) is 18.2 Å². The molecule has 1 unspecified atom stereocenters. The third-order valence-corrected chi connectivity index (χ3v) is 3.54. The lowest BCUT2D eigenvalue weighted by atomic mass is 10.1. The molecule has 0 amide bonds. The highest BCUT2D eigenvalue weighted by molar-refractivity contribution is 8.76. The first kappa shape index (κ1) is 9.63. The van der Waals surface area contributed by atoms with E-state index in [9.17, 15) is 4.39 Å². The summed E-state index contributed by atoms with van der Waals surface area (Å²) >= 11 is 0. The van der Waals surface area contributed by atoms with Crippen LogP contribution in [0.25, 0.3) is 0 Å². The number of hydrogen-bond donors (Lipinski definition) is 0. The molecule has 0 aliphatic carbocycles. The van der Waals surface area contributed by atoms with E-state index < -0.39 is 0 Å². The van der Waals surface area contributed by atoms with Gasteiger partial charge in [0.05, 0.1) is 0 Å². The summed E-state index contributed by atoms with van der Waals surface area (Å²) in [6, 6.07) is 0. The summed E-state index contributed by atoms with van der Waals surface area (Å²) in [4.78, 5) is 0. The molecule has 0 radical (unpaired) electrons. The van der Waals surface area contributed by atoms with Crippen molar-refractivity contribution in [3.05, 3.63) is 0 Å². The lowest BCUT2D eigenvalue weighted by molar-refractivity contribution is 0.433. The minimum absolute atomic E-state index is 0.181. The van der Waals surface area contributed by atoms with Crippen molar-refractivity contribution >= 4 is 21.6 Å². The number of rotatable bonds is 4.